The van der Waals surface area contributed by atoms with E-state index in [1.165, 1.54) is 32.4 Å². The number of amides is 1. The van der Waals surface area contributed by atoms with Crippen molar-refractivity contribution in [3.8, 4) is 0 Å². The SMILES string of the molecule is CCNC(=NCC(C)(C)N1CCCCC1)NCCNC(=O)C(C)(C)C.I. The molecule has 1 saturated heterocycles. The first-order chi connectivity index (χ1) is 11.7. The van der Waals surface area contributed by atoms with Crippen molar-refractivity contribution in [1.82, 2.24) is 20.9 Å². The molecular weight excluding hydrogens is 441 g/mol. The average Bonchev–Trinajstić information content (AvgIpc) is 2.56. The highest BCUT2D eigenvalue weighted by molar-refractivity contribution is 14.0. The summed E-state index contributed by atoms with van der Waals surface area (Å²) in [5.41, 5.74) is -0.278. The fraction of sp³-hybridized carbons (Fsp3) is 0.895. The van der Waals surface area contributed by atoms with Crippen molar-refractivity contribution in [3.63, 3.8) is 0 Å². The molecule has 0 radical (unpaired) electrons. The minimum atomic E-state index is -0.350. The molecule has 1 heterocycles. The van der Waals surface area contributed by atoms with E-state index in [9.17, 15) is 4.79 Å². The Morgan fingerprint density at radius 3 is 2.08 bits per heavy atom. The topological polar surface area (TPSA) is 68.8 Å². The molecule has 0 atom stereocenters. The molecule has 0 aliphatic carbocycles. The van der Waals surface area contributed by atoms with Crippen LogP contribution in [-0.2, 0) is 4.79 Å². The summed E-state index contributed by atoms with van der Waals surface area (Å²) < 4.78 is 0. The van der Waals surface area contributed by atoms with Gasteiger partial charge in [0.25, 0.3) is 0 Å². The summed E-state index contributed by atoms with van der Waals surface area (Å²) in [6, 6.07) is 0. The molecule has 0 aromatic heterocycles. The summed E-state index contributed by atoms with van der Waals surface area (Å²) in [4.78, 5) is 19.2. The molecule has 0 spiro atoms. The smallest absolute Gasteiger partial charge is 0.225 e. The highest BCUT2D eigenvalue weighted by Gasteiger charge is 2.27. The number of piperidine rings is 1. The van der Waals surface area contributed by atoms with Crippen molar-refractivity contribution >= 4 is 35.8 Å². The molecule has 0 aromatic carbocycles. The van der Waals surface area contributed by atoms with Crippen LogP contribution in [0.25, 0.3) is 0 Å². The van der Waals surface area contributed by atoms with Gasteiger partial charge in [0.15, 0.2) is 5.96 Å². The van der Waals surface area contributed by atoms with E-state index >= 15 is 0 Å². The summed E-state index contributed by atoms with van der Waals surface area (Å²) in [6.07, 6.45) is 3.93. The van der Waals surface area contributed by atoms with E-state index in [4.69, 9.17) is 4.99 Å². The lowest BCUT2D eigenvalue weighted by Gasteiger charge is -2.40. The fourth-order valence-electron chi connectivity index (χ4n) is 2.84. The number of carbonyl (C=O) groups is 1. The highest BCUT2D eigenvalue weighted by Crippen LogP contribution is 2.20. The van der Waals surface area contributed by atoms with Crippen molar-refractivity contribution in [2.45, 2.75) is 66.3 Å². The molecule has 3 N–H and O–H groups in total. The summed E-state index contributed by atoms with van der Waals surface area (Å²) in [5.74, 6) is 0.889. The molecule has 1 fully saturated rings. The van der Waals surface area contributed by atoms with Gasteiger partial charge in [-0.2, -0.15) is 0 Å². The number of rotatable bonds is 7. The van der Waals surface area contributed by atoms with Crippen molar-refractivity contribution in [2.75, 3.05) is 39.3 Å². The van der Waals surface area contributed by atoms with Gasteiger partial charge in [-0.25, -0.2) is 0 Å². The Morgan fingerprint density at radius 2 is 1.54 bits per heavy atom. The van der Waals surface area contributed by atoms with Crippen LogP contribution in [0.15, 0.2) is 4.99 Å². The summed E-state index contributed by atoms with van der Waals surface area (Å²) in [5, 5.41) is 9.54. The number of nitrogens with zero attached hydrogens (tertiary/aromatic N) is 2. The monoisotopic (exact) mass is 481 g/mol. The number of aliphatic imine (C=N–C) groups is 1. The maximum absolute atomic E-state index is 11.9. The van der Waals surface area contributed by atoms with Gasteiger partial charge in [0, 0.05) is 30.6 Å². The molecule has 154 valence electrons. The van der Waals surface area contributed by atoms with Crippen molar-refractivity contribution in [2.24, 2.45) is 10.4 Å². The number of halogens is 1. The Balaban J connectivity index is 0.00000625. The van der Waals surface area contributed by atoms with Crippen molar-refractivity contribution in [3.05, 3.63) is 0 Å². The van der Waals surface area contributed by atoms with Crippen molar-refractivity contribution in [1.29, 1.82) is 0 Å². The van der Waals surface area contributed by atoms with Gasteiger partial charge >= 0.3 is 0 Å². The van der Waals surface area contributed by atoms with E-state index in [1.54, 1.807) is 0 Å². The molecule has 0 aromatic rings. The Morgan fingerprint density at radius 1 is 0.962 bits per heavy atom. The van der Waals surface area contributed by atoms with Gasteiger partial charge in [-0.3, -0.25) is 14.7 Å². The molecule has 0 bridgehead atoms. The Labute approximate surface area is 177 Å². The first-order valence-electron chi connectivity index (χ1n) is 9.72. The van der Waals surface area contributed by atoms with Crippen LogP contribution in [0.2, 0.25) is 0 Å². The predicted octanol–water partition coefficient (Wildman–Crippen LogP) is 2.59. The lowest BCUT2D eigenvalue weighted by atomic mass is 9.96. The van der Waals surface area contributed by atoms with E-state index < -0.39 is 0 Å². The predicted molar refractivity (Wildman–Crippen MR) is 121 cm³/mol. The minimum absolute atomic E-state index is 0. The number of guanidine groups is 1. The second-order valence-corrected chi connectivity index (χ2v) is 8.49. The van der Waals surface area contributed by atoms with Crippen LogP contribution < -0.4 is 16.0 Å². The van der Waals surface area contributed by atoms with Gasteiger partial charge in [-0.15, -0.1) is 24.0 Å². The third-order valence-electron chi connectivity index (χ3n) is 4.56. The Bertz CT molecular complexity index is 440. The van der Waals surface area contributed by atoms with Crippen LogP contribution in [0.3, 0.4) is 0 Å². The van der Waals surface area contributed by atoms with E-state index in [0.29, 0.717) is 13.1 Å². The van der Waals surface area contributed by atoms with Crippen LogP contribution in [0, 0.1) is 5.41 Å². The maximum Gasteiger partial charge on any atom is 0.225 e. The first kappa shape index (κ1) is 25.4. The van der Waals surface area contributed by atoms with Crippen LogP contribution in [0.5, 0.6) is 0 Å². The van der Waals surface area contributed by atoms with Gasteiger partial charge in [0.2, 0.25) is 5.91 Å². The zero-order valence-corrected chi connectivity index (χ0v) is 19.9. The lowest BCUT2D eigenvalue weighted by Crippen LogP contribution is -2.50. The average molecular weight is 481 g/mol. The van der Waals surface area contributed by atoms with E-state index in [2.05, 4.69) is 41.6 Å². The van der Waals surface area contributed by atoms with E-state index in [0.717, 1.165) is 19.0 Å². The van der Waals surface area contributed by atoms with Gasteiger partial charge < -0.3 is 16.0 Å². The second kappa shape index (κ2) is 12.0. The van der Waals surface area contributed by atoms with Gasteiger partial charge in [-0.05, 0) is 46.7 Å². The zero-order chi connectivity index (χ0) is 18.9. The summed E-state index contributed by atoms with van der Waals surface area (Å²) in [7, 11) is 0. The van der Waals surface area contributed by atoms with Crippen LogP contribution in [-0.4, -0.2) is 61.6 Å². The Hall–Kier alpha value is -0.570. The number of hydrogen-bond donors (Lipinski definition) is 3. The van der Waals surface area contributed by atoms with Gasteiger partial charge in [-0.1, -0.05) is 27.2 Å². The van der Waals surface area contributed by atoms with E-state index in [-0.39, 0.29) is 40.8 Å². The molecule has 1 aliphatic rings. The third-order valence-corrected chi connectivity index (χ3v) is 4.56. The second-order valence-electron chi connectivity index (χ2n) is 8.49. The highest BCUT2D eigenvalue weighted by atomic mass is 127. The third kappa shape index (κ3) is 9.39. The molecule has 6 nitrogen and oxygen atoms in total. The molecule has 1 aliphatic heterocycles. The van der Waals surface area contributed by atoms with Crippen LogP contribution >= 0.6 is 24.0 Å². The summed E-state index contributed by atoms with van der Waals surface area (Å²) in [6.45, 7) is 17.6. The van der Waals surface area contributed by atoms with E-state index in [1.807, 2.05) is 20.8 Å². The fourth-order valence-corrected chi connectivity index (χ4v) is 2.84. The lowest BCUT2D eigenvalue weighted by molar-refractivity contribution is -0.128. The zero-order valence-electron chi connectivity index (χ0n) is 17.6. The number of carbonyl (C=O) groups excluding carboxylic acids is 1. The molecule has 26 heavy (non-hydrogen) atoms. The first-order valence-corrected chi connectivity index (χ1v) is 9.72. The number of hydrogen-bond acceptors (Lipinski definition) is 3. The van der Waals surface area contributed by atoms with Crippen LogP contribution in [0.4, 0.5) is 0 Å². The molecule has 0 unspecified atom stereocenters. The summed E-state index contributed by atoms with van der Waals surface area (Å²) >= 11 is 0. The Kier molecular flexibility index (Phi) is 11.7. The molecule has 7 heteroatoms. The van der Waals surface area contributed by atoms with Gasteiger partial charge in [0.05, 0.1) is 6.54 Å². The molecule has 1 amide bonds. The largest absolute Gasteiger partial charge is 0.357 e. The van der Waals surface area contributed by atoms with Crippen molar-refractivity contribution < 1.29 is 4.79 Å². The van der Waals surface area contributed by atoms with Gasteiger partial charge in [0.1, 0.15) is 0 Å². The molecular formula is C19H40IN5O. The minimum Gasteiger partial charge on any atom is -0.357 e. The molecule has 1 rings (SSSR count). The number of likely N-dealkylation sites (tertiary alicyclic amines) is 1. The standard InChI is InChI=1S/C19H39N5O.HI/c1-7-20-17(22-12-11-21-16(25)18(2,3)4)23-15-19(5,6)24-13-9-8-10-14-24;/h7-15H2,1-6H3,(H,21,25)(H2,20,22,23);1H. The maximum atomic E-state index is 11.9. The quantitative estimate of drug-likeness (QED) is 0.226. The number of nitrogens with one attached hydrogen (secondary N) is 3. The molecule has 0 saturated carbocycles. The van der Waals surface area contributed by atoms with Crippen LogP contribution in [0.1, 0.15) is 60.8 Å². The normalized spacial score (nSPS) is 16.6.